The van der Waals surface area contributed by atoms with Gasteiger partial charge in [-0.2, -0.15) is 0 Å². The topological polar surface area (TPSA) is 93.1 Å². The first-order valence-corrected chi connectivity index (χ1v) is 15.9. The Morgan fingerprint density at radius 3 is 1.62 bits per heavy atom. The van der Waals surface area contributed by atoms with Crippen LogP contribution in [0.15, 0.2) is 53.0 Å². The van der Waals surface area contributed by atoms with Crippen LogP contribution in [0.3, 0.4) is 0 Å². The van der Waals surface area contributed by atoms with Crippen LogP contribution in [0.5, 0.6) is 0 Å². The summed E-state index contributed by atoms with van der Waals surface area (Å²) >= 11 is 3.43. The number of benzene rings is 2. The molecule has 2 saturated carbocycles. The summed E-state index contributed by atoms with van der Waals surface area (Å²) in [6.07, 6.45) is 5.47. The zero-order valence-corrected chi connectivity index (χ0v) is 28.2. The van der Waals surface area contributed by atoms with E-state index in [0.717, 1.165) is 28.8 Å². The molecule has 2 fully saturated rings. The highest BCUT2D eigenvalue weighted by Gasteiger charge is 2.33. The number of hydrogen-bond donors (Lipinski definition) is 2. The quantitative estimate of drug-likeness (QED) is 0.222. The fourth-order valence-corrected chi connectivity index (χ4v) is 4.66. The van der Waals surface area contributed by atoms with Gasteiger partial charge in [-0.05, 0) is 107 Å². The van der Waals surface area contributed by atoms with Gasteiger partial charge in [-0.15, -0.1) is 0 Å². The zero-order chi connectivity index (χ0) is 31.7. The summed E-state index contributed by atoms with van der Waals surface area (Å²) in [5.74, 6) is 1.09. The van der Waals surface area contributed by atoms with E-state index in [0.29, 0.717) is 12.8 Å². The van der Waals surface area contributed by atoms with Crippen molar-refractivity contribution in [2.24, 2.45) is 0 Å². The monoisotopic (exact) mass is 644 g/mol. The molecule has 6 nitrogen and oxygen atoms in total. The summed E-state index contributed by atoms with van der Waals surface area (Å²) in [6.45, 7) is 15.5. The summed E-state index contributed by atoms with van der Waals surface area (Å²) in [6, 6.07) is 16.7. The number of rotatable bonds is 8. The molecule has 0 aliphatic heterocycles. The third-order valence-corrected chi connectivity index (χ3v) is 7.27. The van der Waals surface area contributed by atoms with Gasteiger partial charge >= 0.3 is 19.1 Å². The highest BCUT2D eigenvalue weighted by Crippen LogP contribution is 2.41. The molecule has 2 aromatic rings. The van der Waals surface area contributed by atoms with Gasteiger partial charge in [0.15, 0.2) is 0 Å². The summed E-state index contributed by atoms with van der Waals surface area (Å²) in [5, 5.41) is 16.5. The maximum Gasteiger partial charge on any atom is 0.454 e. The lowest BCUT2D eigenvalue weighted by Gasteiger charge is -2.21. The molecule has 4 rings (SSSR count). The van der Waals surface area contributed by atoms with Gasteiger partial charge in [0.25, 0.3) is 0 Å². The van der Waals surface area contributed by atoms with Crippen LogP contribution in [-0.4, -0.2) is 40.3 Å². The van der Waals surface area contributed by atoms with Crippen molar-refractivity contribution in [1.29, 1.82) is 0 Å². The molecule has 0 heterocycles. The lowest BCUT2D eigenvalue weighted by atomic mass is 9.84. The second kappa shape index (κ2) is 16.1. The molecule has 0 saturated heterocycles. The molecular formula is C34H50BBrO6. The van der Waals surface area contributed by atoms with Gasteiger partial charge in [-0.3, -0.25) is 9.59 Å². The molecule has 2 aromatic carbocycles. The fourth-order valence-electron chi connectivity index (χ4n) is 4.25. The smallest absolute Gasteiger partial charge is 0.454 e. The van der Waals surface area contributed by atoms with E-state index in [1.54, 1.807) is 0 Å². The van der Waals surface area contributed by atoms with E-state index >= 15 is 0 Å². The first-order chi connectivity index (χ1) is 19.4. The van der Waals surface area contributed by atoms with E-state index in [-0.39, 0.29) is 29.6 Å². The molecule has 0 radical (unpaired) electrons. The van der Waals surface area contributed by atoms with E-state index in [9.17, 15) is 9.59 Å². The minimum Gasteiger partial charge on any atom is -0.460 e. The van der Waals surface area contributed by atoms with E-state index in [4.69, 9.17) is 19.5 Å². The number of ether oxygens (including phenoxy) is 2. The Hall–Kier alpha value is -2.16. The Bertz CT molecular complexity index is 1150. The molecule has 42 heavy (non-hydrogen) atoms. The average molecular weight is 645 g/mol. The number of carbonyl (C=O) groups is 2. The molecule has 2 atom stereocenters. The Balaban J connectivity index is 0.000000246. The van der Waals surface area contributed by atoms with Crippen LogP contribution in [-0.2, 0) is 19.1 Å². The van der Waals surface area contributed by atoms with Crippen LogP contribution in [0.25, 0.3) is 0 Å². The van der Waals surface area contributed by atoms with Crippen LogP contribution < -0.4 is 0 Å². The molecule has 0 spiro atoms. The van der Waals surface area contributed by atoms with Crippen molar-refractivity contribution in [2.75, 3.05) is 0 Å². The first-order valence-electron chi connectivity index (χ1n) is 15.1. The average Bonchev–Trinajstić information content (AvgIpc) is 3.75. The van der Waals surface area contributed by atoms with Crippen LogP contribution in [0.1, 0.15) is 128 Å². The van der Waals surface area contributed by atoms with Crippen molar-refractivity contribution in [3.05, 3.63) is 69.7 Å². The molecule has 232 valence electrons. The predicted molar refractivity (Wildman–Crippen MR) is 173 cm³/mol. The van der Waals surface area contributed by atoms with Crippen molar-refractivity contribution < 1.29 is 29.1 Å². The number of hydrogen-bond acceptors (Lipinski definition) is 6. The third-order valence-electron chi connectivity index (χ3n) is 6.78. The van der Waals surface area contributed by atoms with E-state index < -0.39 is 18.3 Å². The SMILES string of the molecule is C[C@@H](CC(=O)OC(C)(C)C)c1cccc(Br)c1.C[C@@H](CC(=O)OC(C)(C)C)c1cccc(C2CC2)c1.OB(O)C1CC1. The van der Waals surface area contributed by atoms with Gasteiger partial charge in [0.05, 0.1) is 12.8 Å². The van der Waals surface area contributed by atoms with Crippen LogP contribution in [0.2, 0.25) is 5.82 Å². The van der Waals surface area contributed by atoms with Gasteiger partial charge in [0.1, 0.15) is 11.2 Å². The number of halogens is 1. The summed E-state index contributed by atoms with van der Waals surface area (Å²) in [4.78, 5) is 23.5. The standard InChI is InChI=1S/C17H24O2.C14H19BrO2.C3H7BO2/c1-12(10-16(18)19-17(2,3)4)14-6-5-7-15(11-14)13-8-9-13;1-10(8-13(16)17-14(2,3)4)11-6-5-7-12(15)9-11;5-4(6)3-1-2-3/h5-7,11-13H,8-10H2,1-4H3;5-7,9-10H,8H2,1-4H3;3,5-6H,1-2H2/t12-;10-;/m00./s1. The largest absolute Gasteiger partial charge is 0.460 e. The second-order valence-electron chi connectivity index (χ2n) is 13.6. The zero-order valence-electron chi connectivity index (χ0n) is 26.7. The Labute approximate surface area is 261 Å². The third kappa shape index (κ3) is 15.4. The van der Waals surface area contributed by atoms with E-state index in [1.807, 2.05) is 72.7 Å². The van der Waals surface area contributed by atoms with Crippen molar-refractivity contribution in [3.8, 4) is 0 Å². The minimum atomic E-state index is -1.04. The van der Waals surface area contributed by atoms with Crippen LogP contribution in [0.4, 0.5) is 0 Å². The van der Waals surface area contributed by atoms with E-state index in [1.165, 1.54) is 24.0 Å². The fraction of sp³-hybridized carbons (Fsp3) is 0.588. The molecule has 2 aliphatic carbocycles. The summed E-state index contributed by atoms with van der Waals surface area (Å²) < 4.78 is 11.7. The molecule has 0 unspecified atom stereocenters. The molecule has 8 heteroatoms. The maximum atomic E-state index is 11.9. The Morgan fingerprint density at radius 2 is 1.26 bits per heavy atom. The molecule has 2 aliphatic rings. The van der Waals surface area contributed by atoms with Gasteiger partial charge in [0, 0.05) is 4.47 Å². The number of esters is 2. The van der Waals surface area contributed by atoms with Crippen LogP contribution >= 0.6 is 15.9 Å². The lowest BCUT2D eigenvalue weighted by Crippen LogP contribution is -2.24. The van der Waals surface area contributed by atoms with Gasteiger partial charge in [-0.1, -0.05) is 79.0 Å². The highest BCUT2D eigenvalue weighted by atomic mass is 79.9. The molecule has 0 bridgehead atoms. The van der Waals surface area contributed by atoms with Gasteiger partial charge in [-0.25, -0.2) is 0 Å². The lowest BCUT2D eigenvalue weighted by molar-refractivity contribution is -0.156. The molecule has 0 amide bonds. The van der Waals surface area contributed by atoms with Gasteiger partial charge < -0.3 is 19.5 Å². The molecule has 0 aromatic heterocycles. The van der Waals surface area contributed by atoms with Crippen molar-refractivity contribution in [3.63, 3.8) is 0 Å². The number of carbonyl (C=O) groups excluding carboxylic acids is 2. The normalized spacial score (nSPS) is 16.1. The highest BCUT2D eigenvalue weighted by molar-refractivity contribution is 9.10. The first kappa shape index (κ1) is 36.0. The molecule has 2 N–H and O–H groups in total. The molecular weight excluding hydrogens is 595 g/mol. The minimum absolute atomic E-state index is 0.114. The second-order valence-corrected chi connectivity index (χ2v) is 14.5. The van der Waals surface area contributed by atoms with Crippen molar-refractivity contribution in [1.82, 2.24) is 0 Å². The van der Waals surface area contributed by atoms with E-state index in [2.05, 4.69) is 47.1 Å². The van der Waals surface area contributed by atoms with Crippen molar-refractivity contribution in [2.45, 2.75) is 129 Å². The van der Waals surface area contributed by atoms with Crippen molar-refractivity contribution >= 4 is 35.0 Å². The predicted octanol–water partition coefficient (Wildman–Crippen LogP) is 8.31. The summed E-state index contributed by atoms with van der Waals surface area (Å²) in [5.41, 5.74) is 3.01. The summed E-state index contributed by atoms with van der Waals surface area (Å²) in [7, 11) is -1.04. The van der Waals surface area contributed by atoms with Crippen LogP contribution in [0, 0.1) is 0 Å². The maximum absolute atomic E-state index is 11.9. The van der Waals surface area contributed by atoms with Gasteiger partial charge in [0.2, 0.25) is 0 Å². The Morgan fingerprint density at radius 1 is 0.810 bits per heavy atom. The Kier molecular flexibility index (Phi) is 13.8.